The maximum atomic E-state index is 12.4. The van der Waals surface area contributed by atoms with Gasteiger partial charge in [-0.1, -0.05) is 19.8 Å². The monoisotopic (exact) mass is 252 g/mol. The number of carbonyl (C=O) groups excluding carboxylic acids is 1. The first kappa shape index (κ1) is 14.1. The Labute approximate surface area is 105 Å². The van der Waals surface area contributed by atoms with E-state index in [9.17, 15) is 13.6 Å². The van der Waals surface area contributed by atoms with E-state index >= 15 is 0 Å². The Kier molecular flexibility index (Phi) is 4.78. The molecule has 0 spiro atoms. The minimum absolute atomic E-state index is 0.0651. The predicted octanol–water partition coefficient (Wildman–Crippen LogP) is 2.41. The van der Waals surface area contributed by atoms with Crippen LogP contribution in [0.25, 0.3) is 0 Å². The molecule has 96 valence electrons. The number of aromatic nitrogens is 1. The summed E-state index contributed by atoms with van der Waals surface area (Å²) in [4.78, 5) is 15.3. The Balaban J connectivity index is 2.85. The summed E-state index contributed by atoms with van der Waals surface area (Å²) in [7, 11) is 0. The van der Waals surface area contributed by atoms with E-state index in [1.807, 2.05) is 13.8 Å². The van der Waals surface area contributed by atoms with E-state index < -0.39 is 24.1 Å². The molecular weight excluding hydrogens is 238 g/mol. The van der Waals surface area contributed by atoms with Crippen LogP contribution in [0.4, 0.5) is 8.78 Å². The quantitative estimate of drug-likeness (QED) is 0.836. The number of carbonyl (C=O) groups is 1. The molecule has 1 aromatic rings. The molecule has 0 aliphatic heterocycles. The highest BCUT2D eigenvalue weighted by Crippen LogP contribution is 2.16. The molecule has 1 rings (SSSR count). The molecule has 0 aliphatic carbocycles. The summed E-state index contributed by atoms with van der Waals surface area (Å²) < 4.78 is 24.9. The van der Waals surface area contributed by atoms with Crippen LogP contribution in [0.1, 0.15) is 36.3 Å². The van der Waals surface area contributed by atoms with Crippen molar-refractivity contribution in [2.45, 2.75) is 26.3 Å². The van der Waals surface area contributed by atoms with Gasteiger partial charge >= 0.3 is 0 Å². The van der Waals surface area contributed by atoms with Gasteiger partial charge in [-0.2, -0.15) is 0 Å². The molecule has 0 saturated heterocycles. The summed E-state index contributed by atoms with van der Waals surface area (Å²) in [6, 6.07) is 2.00. The first-order valence-corrected chi connectivity index (χ1v) is 5.46. The van der Waals surface area contributed by atoms with Gasteiger partial charge in [0.25, 0.3) is 12.3 Å². The number of hydrogen-bond acceptors (Lipinski definition) is 2. The van der Waals surface area contributed by atoms with Crippen molar-refractivity contribution in [1.29, 1.82) is 0 Å². The van der Waals surface area contributed by atoms with Crippen LogP contribution in [0.5, 0.6) is 0 Å². The molecule has 0 aromatic carbocycles. The van der Waals surface area contributed by atoms with Crippen LogP contribution in [0.2, 0.25) is 0 Å². The molecule has 0 radical (unpaired) electrons. The van der Waals surface area contributed by atoms with E-state index in [1.54, 1.807) is 0 Å². The number of halogens is 2. The average Bonchev–Trinajstić information content (AvgIpc) is 2.35. The zero-order valence-corrected chi connectivity index (χ0v) is 10.2. The van der Waals surface area contributed by atoms with Crippen LogP contribution in [0.15, 0.2) is 18.3 Å². The van der Waals surface area contributed by atoms with Crippen LogP contribution in [-0.4, -0.2) is 16.9 Å². The second-order valence-electron chi connectivity index (χ2n) is 4.13. The van der Waals surface area contributed by atoms with Crippen LogP contribution in [0.3, 0.4) is 0 Å². The number of hydrogen-bond donors (Lipinski definition) is 1. The second-order valence-corrected chi connectivity index (χ2v) is 4.13. The Hall–Kier alpha value is -1.96. The lowest BCUT2D eigenvalue weighted by Crippen LogP contribution is -2.37. The van der Waals surface area contributed by atoms with Crippen molar-refractivity contribution in [2.75, 3.05) is 0 Å². The number of alkyl halides is 2. The minimum atomic E-state index is -2.70. The minimum Gasteiger partial charge on any atom is -0.338 e. The van der Waals surface area contributed by atoms with E-state index in [0.717, 1.165) is 6.07 Å². The SMILES string of the molecule is C#C[C@@H](NC(=O)c1ccnc(C(F)F)c1)C(C)C. The van der Waals surface area contributed by atoms with Crippen LogP contribution in [-0.2, 0) is 0 Å². The van der Waals surface area contributed by atoms with Gasteiger partial charge in [0.1, 0.15) is 5.69 Å². The summed E-state index contributed by atoms with van der Waals surface area (Å²) in [5.74, 6) is 2.03. The Morgan fingerprint density at radius 1 is 1.50 bits per heavy atom. The molecule has 0 aliphatic rings. The second kappa shape index (κ2) is 6.10. The fraction of sp³-hybridized carbons (Fsp3) is 0.385. The molecule has 0 fully saturated rings. The molecule has 0 saturated carbocycles. The highest BCUT2D eigenvalue weighted by Gasteiger charge is 2.16. The van der Waals surface area contributed by atoms with Crippen molar-refractivity contribution in [3.05, 3.63) is 29.6 Å². The summed E-state index contributed by atoms with van der Waals surface area (Å²) in [5.41, 5.74) is -0.300. The first-order chi connectivity index (χ1) is 8.45. The molecule has 18 heavy (non-hydrogen) atoms. The number of nitrogens with zero attached hydrogens (tertiary/aromatic N) is 1. The fourth-order valence-corrected chi connectivity index (χ4v) is 1.33. The average molecular weight is 252 g/mol. The third-order valence-corrected chi connectivity index (χ3v) is 2.40. The number of amides is 1. The van der Waals surface area contributed by atoms with Crippen LogP contribution < -0.4 is 5.32 Å². The standard InChI is InChI=1S/C13H14F2N2O/c1-4-10(8(2)3)17-13(18)9-5-6-16-11(7-9)12(14)15/h1,5-8,10,12H,2-3H3,(H,17,18)/t10-/m1/s1. The lowest BCUT2D eigenvalue weighted by atomic mass is 10.0. The van der Waals surface area contributed by atoms with E-state index in [0.29, 0.717) is 0 Å². The Morgan fingerprint density at radius 2 is 2.17 bits per heavy atom. The topological polar surface area (TPSA) is 42.0 Å². The lowest BCUT2D eigenvalue weighted by Gasteiger charge is -2.16. The zero-order chi connectivity index (χ0) is 13.7. The summed E-state index contributed by atoms with van der Waals surface area (Å²) >= 11 is 0. The molecule has 1 N–H and O–H groups in total. The van der Waals surface area contributed by atoms with Gasteiger partial charge < -0.3 is 5.32 Å². The third-order valence-electron chi connectivity index (χ3n) is 2.40. The Morgan fingerprint density at radius 3 is 2.67 bits per heavy atom. The maximum absolute atomic E-state index is 12.4. The normalized spacial score (nSPS) is 12.3. The number of rotatable bonds is 4. The van der Waals surface area contributed by atoms with Gasteiger partial charge in [0.15, 0.2) is 0 Å². The van der Waals surface area contributed by atoms with Crippen molar-refractivity contribution in [1.82, 2.24) is 10.3 Å². The third kappa shape index (κ3) is 3.52. The number of nitrogens with one attached hydrogen (secondary N) is 1. The summed E-state index contributed by atoms with van der Waals surface area (Å²) in [6.45, 7) is 3.73. The highest BCUT2D eigenvalue weighted by molar-refractivity contribution is 5.94. The van der Waals surface area contributed by atoms with E-state index in [-0.39, 0.29) is 11.5 Å². The summed E-state index contributed by atoms with van der Waals surface area (Å²) in [5, 5.41) is 2.60. The van der Waals surface area contributed by atoms with Gasteiger partial charge in [-0.25, -0.2) is 8.78 Å². The van der Waals surface area contributed by atoms with Crippen LogP contribution in [0, 0.1) is 18.3 Å². The molecule has 0 unspecified atom stereocenters. The van der Waals surface area contributed by atoms with Gasteiger partial charge in [-0.15, -0.1) is 6.42 Å². The molecule has 3 nitrogen and oxygen atoms in total. The molecule has 1 heterocycles. The largest absolute Gasteiger partial charge is 0.338 e. The van der Waals surface area contributed by atoms with E-state index in [1.165, 1.54) is 12.3 Å². The molecule has 1 aromatic heterocycles. The Bertz CT molecular complexity index is 466. The van der Waals surface area contributed by atoms with Crippen molar-refractivity contribution < 1.29 is 13.6 Å². The van der Waals surface area contributed by atoms with Crippen molar-refractivity contribution in [2.24, 2.45) is 5.92 Å². The molecule has 1 amide bonds. The number of terminal acetylenes is 1. The lowest BCUT2D eigenvalue weighted by molar-refractivity contribution is 0.0937. The van der Waals surface area contributed by atoms with Gasteiger partial charge in [0.05, 0.1) is 6.04 Å². The van der Waals surface area contributed by atoms with E-state index in [4.69, 9.17) is 6.42 Å². The summed E-state index contributed by atoms with van der Waals surface area (Å²) in [6.07, 6.45) is 3.76. The number of pyridine rings is 1. The van der Waals surface area contributed by atoms with E-state index in [2.05, 4.69) is 16.2 Å². The molecule has 5 heteroatoms. The van der Waals surface area contributed by atoms with Crippen molar-refractivity contribution in [3.63, 3.8) is 0 Å². The molecular formula is C13H14F2N2O. The predicted molar refractivity (Wildman–Crippen MR) is 64.1 cm³/mol. The van der Waals surface area contributed by atoms with Gasteiger partial charge in [-0.3, -0.25) is 9.78 Å². The van der Waals surface area contributed by atoms with Crippen molar-refractivity contribution in [3.8, 4) is 12.3 Å². The van der Waals surface area contributed by atoms with Gasteiger partial charge in [-0.05, 0) is 18.1 Å². The smallest absolute Gasteiger partial charge is 0.280 e. The maximum Gasteiger partial charge on any atom is 0.280 e. The van der Waals surface area contributed by atoms with Gasteiger partial charge in [0.2, 0.25) is 0 Å². The first-order valence-electron chi connectivity index (χ1n) is 5.46. The van der Waals surface area contributed by atoms with Crippen LogP contribution >= 0.6 is 0 Å². The highest BCUT2D eigenvalue weighted by atomic mass is 19.3. The van der Waals surface area contributed by atoms with Gasteiger partial charge in [0, 0.05) is 11.8 Å². The molecule has 0 bridgehead atoms. The fourth-order valence-electron chi connectivity index (χ4n) is 1.33. The zero-order valence-electron chi connectivity index (χ0n) is 10.2. The molecule has 1 atom stereocenters. The van der Waals surface area contributed by atoms with Crippen molar-refractivity contribution >= 4 is 5.91 Å².